The van der Waals surface area contributed by atoms with Gasteiger partial charge in [-0.25, -0.2) is 4.79 Å². The lowest BCUT2D eigenvalue weighted by atomic mass is 9.95. The minimum atomic E-state index is -1.15. The molecule has 0 saturated carbocycles. The van der Waals surface area contributed by atoms with Crippen molar-refractivity contribution >= 4 is 61.0 Å². The number of aliphatic hydroxyl groups excluding tert-OH is 1. The quantitative estimate of drug-likeness (QED) is 0.250. The Morgan fingerprint density at radius 2 is 1.41 bits per heavy atom. The summed E-state index contributed by atoms with van der Waals surface area (Å²) in [5.41, 5.74) is 1.13. The molecule has 6 nitrogen and oxygen atoms in total. The molecule has 0 aliphatic carbocycles. The number of aromatic carboxylic acids is 1. The van der Waals surface area contributed by atoms with Gasteiger partial charge >= 0.3 is 5.97 Å². The Labute approximate surface area is 200 Å². The molecule has 0 unspecified atom stereocenters. The molecule has 0 bridgehead atoms. The van der Waals surface area contributed by atoms with Crippen molar-refractivity contribution in [2.24, 2.45) is 0 Å². The van der Waals surface area contributed by atoms with E-state index in [1.54, 1.807) is 54.6 Å². The molecule has 2 N–H and O–H groups in total. The lowest BCUT2D eigenvalue weighted by Gasteiger charge is -2.25. The predicted octanol–water partition coefficient (Wildman–Crippen LogP) is 5.54. The van der Waals surface area contributed by atoms with E-state index in [9.17, 15) is 24.6 Å². The first-order valence-electron chi connectivity index (χ1n) is 9.43. The van der Waals surface area contributed by atoms with Gasteiger partial charge in [-0.2, -0.15) is 0 Å². The van der Waals surface area contributed by atoms with Gasteiger partial charge in [0.05, 0.1) is 17.2 Å². The van der Waals surface area contributed by atoms with Crippen LogP contribution in [0.4, 0.5) is 5.69 Å². The first kappa shape index (κ1) is 22.0. The third kappa shape index (κ3) is 3.99. The summed E-state index contributed by atoms with van der Waals surface area (Å²) in [6.07, 6.45) is 0. The predicted molar refractivity (Wildman–Crippen MR) is 126 cm³/mol. The Bertz CT molecular complexity index is 1270. The summed E-state index contributed by atoms with van der Waals surface area (Å²) in [5, 5.41) is 20.4. The topological polar surface area (TPSA) is 94.9 Å². The first-order valence-corrected chi connectivity index (χ1v) is 11.0. The number of rotatable bonds is 4. The second kappa shape index (κ2) is 8.72. The molecule has 0 radical (unpaired) electrons. The number of nitrogens with zero attached hydrogens (tertiary/aromatic N) is 1. The number of anilines is 1. The van der Waals surface area contributed by atoms with Crippen molar-refractivity contribution in [2.45, 2.75) is 6.04 Å². The van der Waals surface area contributed by atoms with E-state index in [0.29, 0.717) is 11.1 Å². The summed E-state index contributed by atoms with van der Waals surface area (Å²) in [4.78, 5) is 38.9. The maximum absolute atomic E-state index is 13.1. The molecule has 3 aromatic carbocycles. The monoisotopic (exact) mass is 555 g/mol. The summed E-state index contributed by atoms with van der Waals surface area (Å²) in [6, 6.07) is 18.6. The summed E-state index contributed by atoms with van der Waals surface area (Å²) >= 11 is 6.71. The van der Waals surface area contributed by atoms with Crippen LogP contribution < -0.4 is 4.90 Å². The molecule has 32 heavy (non-hydrogen) atoms. The van der Waals surface area contributed by atoms with Crippen LogP contribution in [0.1, 0.15) is 27.5 Å². The molecule has 8 heteroatoms. The zero-order valence-electron chi connectivity index (χ0n) is 16.3. The van der Waals surface area contributed by atoms with Crippen LogP contribution in [-0.4, -0.2) is 27.9 Å². The fourth-order valence-corrected chi connectivity index (χ4v) is 4.14. The van der Waals surface area contributed by atoms with Crippen LogP contribution >= 0.6 is 31.9 Å². The van der Waals surface area contributed by atoms with Crippen molar-refractivity contribution in [3.05, 3.63) is 104 Å². The highest BCUT2D eigenvalue weighted by atomic mass is 79.9. The van der Waals surface area contributed by atoms with E-state index in [4.69, 9.17) is 0 Å². The number of hydrogen-bond acceptors (Lipinski definition) is 4. The molecule has 1 fully saturated rings. The van der Waals surface area contributed by atoms with E-state index >= 15 is 0 Å². The van der Waals surface area contributed by atoms with E-state index in [-0.39, 0.29) is 22.6 Å². The molecule has 1 amide bonds. The SMILES string of the molecule is O=C1C(=O)N(c2cccc(C(=O)O)c2)[C@@H](c2ccc(Br)cc2)/C1=C(\O)c1ccc(Br)cc1. The Kier molecular flexibility index (Phi) is 5.99. The van der Waals surface area contributed by atoms with Gasteiger partial charge in [-0.1, -0.05) is 62.2 Å². The minimum absolute atomic E-state index is 0.0214. The summed E-state index contributed by atoms with van der Waals surface area (Å²) in [7, 11) is 0. The third-order valence-electron chi connectivity index (χ3n) is 5.12. The van der Waals surface area contributed by atoms with Crippen molar-refractivity contribution in [1.29, 1.82) is 0 Å². The highest BCUT2D eigenvalue weighted by Crippen LogP contribution is 2.42. The molecule has 1 saturated heterocycles. The van der Waals surface area contributed by atoms with Gasteiger partial charge in [0, 0.05) is 20.2 Å². The van der Waals surface area contributed by atoms with Crippen LogP contribution in [0.5, 0.6) is 0 Å². The minimum Gasteiger partial charge on any atom is -0.507 e. The maximum atomic E-state index is 13.1. The molecule has 1 aliphatic heterocycles. The standard InChI is InChI=1S/C24H15Br2NO5/c25-16-8-4-13(5-9-16)20-19(21(28)14-6-10-17(26)11-7-14)22(29)23(30)27(20)18-3-1-2-15(12-18)24(31)32/h1-12,20,28H,(H,31,32)/b21-19+/t20-/m0/s1. The summed E-state index contributed by atoms with van der Waals surface area (Å²) in [6.45, 7) is 0. The number of amides is 1. The van der Waals surface area contributed by atoms with Gasteiger partial charge in [-0.3, -0.25) is 14.5 Å². The van der Waals surface area contributed by atoms with E-state index < -0.39 is 23.7 Å². The molecule has 160 valence electrons. The molecule has 1 heterocycles. The highest BCUT2D eigenvalue weighted by molar-refractivity contribution is 9.10. The van der Waals surface area contributed by atoms with E-state index in [1.165, 1.54) is 23.1 Å². The average Bonchev–Trinajstić information content (AvgIpc) is 3.05. The van der Waals surface area contributed by atoms with Gasteiger partial charge in [0.25, 0.3) is 11.7 Å². The summed E-state index contributed by atoms with van der Waals surface area (Å²) < 4.78 is 1.60. The van der Waals surface area contributed by atoms with Gasteiger partial charge in [0.2, 0.25) is 0 Å². The number of hydrogen-bond donors (Lipinski definition) is 2. The van der Waals surface area contributed by atoms with Gasteiger partial charge in [0.15, 0.2) is 0 Å². The first-order chi connectivity index (χ1) is 15.3. The fraction of sp³-hybridized carbons (Fsp3) is 0.0417. The number of halogens is 2. The van der Waals surface area contributed by atoms with E-state index in [2.05, 4.69) is 31.9 Å². The van der Waals surface area contributed by atoms with Crippen molar-refractivity contribution < 1.29 is 24.6 Å². The normalized spacial score (nSPS) is 17.6. The second-order valence-corrected chi connectivity index (χ2v) is 8.91. The lowest BCUT2D eigenvalue weighted by molar-refractivity contribution is -0.132. The Hall–Kier alpha value is -3.23. The molecule has 3 aromatic rings. The zero-order valence-corrected chi connectivity index (χ0v) is 19.5. The third-order valence-corrected chi connectivity index (χ3v) is 6.18. The Balaban J connectivity index is 1.94. The van der Waals surface area contributed by atoms with Crippen LogP contribution in [0, 0.1) is 0 Å². The van der Waals surface area contributed by atoms with Gasteiger partial charge in [-0.05, 0) is 48.0 Å². The molecular formula is C24H15Br2NO5. The van der Waals surface area contributed by atoms with Crippen LogP contribution in [0.15, 0.2) is 87.3 Å². The number of aliphatic hydroxyl groups is 1. The Morgan fingerprint density at radius 1 is 0.812 bits per heavy atom. The zero-order chi connectivity index (χ0) is 23.0. The average molecular weight is 557 g/mol. The largest absolute Gasteiger partial charge is 0.507 e. The number of carbonyl (C=O) groups is 3. The number of carboxylic acid groups (broad SMARTS) is 1. The Morgan fingerprint density at radius 3 is 2.00 bits per heavy atom. The van der Waals surface area contributed by atoms with Crippen LogP contribution in [-0.2, 0) is 9.59 Å². The van der Waals surface area contributed by atoms with Gasteiger partial charge in [0.1, 0.15) is 5.76 Å². The molecule has 0 spiro atoms. The maximum Gasteiger partial charge on any atom is 0.335 e. The number of benzene rings is 3. The van der Waals surface area contributed by atoms with Crippen LogP contribution in [0.25, 0.3) is 5.76 Å². The van der Waals surface area contributed by atoms with E-state index in [0.717, 1.165) is 8.95 Å². The number of Topliss-reactive ketones (excluding diaryl/α,β-unsaturated/α-hetero) is 1. The summed E-state index contributed by atoms with van der Waals surface area (Å²) in [5.74, 6) is -3.16. The smallest absolute Gasteiger partial charge is 0.335 e. The van der Waals surface area contributed by atoms with Crippen LogP contribution in [0.3, 0.4) is 0 Å². The second-order valence-electron chi connectivity index (χ2n) is 7.08. The fourth-order valence-electron chi connectivity index (χ4n) is 3.61. The van der Waals surface area contributed by atoms with Crippen molar-refractivity contribution in [1.82, 2.24) is 0 Å². The highest BCUT2D eigenvalue weighted by Gasteiger charge is 2.47. The van der Waals surface area contributed by atoms with Crippen molar-refractivity contribution in [3.63, 3.8) is 0 Å². The molecule has 4 rings (SSSR count). The number of carbonyl (C=O) groups excluding carboxylic acids is 2. The van der Waals surface area contributed by atoms with Gasteiger partial charge in [-0.15, -0.1) is 0 Å². The molecule has 1 aliphatic rings. The lowest BCUT2D eigenvalue weighted by Crippen LogP contribution is -2.29. The van der Waals surface area contributed by atoms with Gasteiger partial charge < -0.3 is 10.2 Å². The molecular weight excluding hydrogens is 542 g/mol. The molecule has 1 atom stereocenters. The van der Waals surface area contributed by atoms with Crippen molar-refractivity contribution in [2.75, 3.05) is 4.90 Å². The molecule has 0 aromatic heterocycles. The van der Waals surface area contributed by atoms with Crippen LogP contribution in [0.2, 0.25) is 0 Å². The number of ketones is 1. The number of carboxylic acids is 1. The van der Waals surface area contributed by atoms with Crippen molar-refractivity contribution in [3.8, 4) is 0 Å². The van der Waals surface area contributed by atoms with E-state index in [1.807, 2.05) is 0 Å².